The molecule has 1 heterocycles. The summed E-state index contributed by atoms with van der Waals surface area (Å²) in [5.74, 6) is 0. The SMILES string of the molecule is C=CCC(C)N1CCC(NCC)C1. The van der Waals surface area contributed by atoms with Crippen LogP contribution in [0.2, 0.25) is 0 Å². The highest BCUT2D eigenvalue weighted by Crippen LogP contribution is 2.14. The fourth-order valence-corrected chi connectivity index (χ4v) is 2.03. The molecule has 2 atom stereocenters. The van der Waals surface area contributed by atoms with E-state index in [0.29, 0.717) is 6.04 Å². The number of nitrogens with zero attached hydrogens (tertiary/aromatic N) is 1. The lowest BCUT2D eigenvalue weighted by Gasteiger charge is -2.23. The Morgan fingerprint density at radius 3 is 3.08 bits per heavy atom. The summed E-state index contributed by atoms with van der Waals surface area (Å²) in [4.78, 5) is 2.55. The Hall–Kier alpha value is -0.340. The van der Waals surface area contributed by atoms with Gasteiger partial charge >= 0.3 is 0 Å². The number of rotatable bonds is 5. The summed E-state index contributed by atoms with van der Waals surface area (Å²) in [6.07, 6.45) is 4.43. The van der Waals surface area contributed by atoms with Crippen molar-refractivity contribution in [2.24, 2.45) is 0 Å². The Labute approximate surface area is 82.0 Å². The van der Waals surface area contributed by atoms with Crippen molar-refractivity contribution in [1.29, 1.82) is 0 Å². The lowest BCUT2D eigenvalue weighted by Crippen LogP contribution is -2.35. The molecule has 1 N–H and O–H groups in total. The quantitative estimate of drug-likeness (QED) is 0.650. The zero-order chi connectivity index (χ0) is 9.68. The van der Waals surface area contributed by atoms with Gasteiger partial charge in [-0.15, -0.1) is 6.58 Å². The highest BCUT2D eigenvalue weighted by atomic mass is 15.2. The lowest BCUT2D eigenvalue weighted by atomic mass is 10.2. The van der Waals surface area contributed by atoms with Gasteiger partial charge < -0.3 is 5.32 Å². The normalized spacial score (nSPS) is 26.2. The van der Waals surface area contributed by atoms with Gasteiger partial charge in [0.1, 0.15) is 0 Å². The predicted octanol–water partition coefficient (Wildman–Crippen LogP) is 1.63. The van der Waals surface area contributed by atoms with E-state index in [9.17, 15) is 0 Å². The van der Waals surface area contributed by atoms with Gasteiger partial charge in [-0.1, -0.05) is 13.0 Å². The van der Waals surface area contributed by atoms with Crippen molar-refractivity contribution in [2.75, 3.05) is 19.6 Å². The first-order chi connectivity index (χ1) is 6.27. The molecule has 1 aliphatic heterocycles. The van der Waals surface area contributed by atoms with Crippen LogP contribution in [0.4, 0.5) is 0 Å². The van der Waals surface area contributed by atoms with Crippen molar-refractivity contribution in [3.05, 3.63) is 12.7 Å². The van der Waals surface area contributed by atoms with Gasteiger partial charge in [0.25, 0.3) is 0 Å². The maximum Gasteiger partial charge on any atom is 0.0207 e. The van der Waals surface area contributed by atoms with Crippen molar-refractivity contribution in [1.82, 2.24) is 10.2 Å². The third-order valence-corrected chi connectivity index (χ3v) is 2.84. The number of likely N-dealkylation sites (tertiary alicyclic amines) is 1. The third-order valence-electron chi connectivity index (χ3n) is 2.84. The second kappa shape index (κ2) is 5.40. The molecule has 0 aromatic carbocycles. The summed E-state index contributed by atoms with van der Waals surface area (Å²) in [7, 11) is 0. The van der Waals surface area contributed by atoms with Crippen LogP contribution in [0.1, 0.15) is 26.7 Å². The minimum absolute atomic E-state index is 0.668. The molecule has 0 aromatic heterocycles. The fourth-order valence-electron chi connectivity index (χ4n) is 2.03. The third kappa shape index (κ3) is 3.12. The monoisotopic (exact) mass is 182 g/mol. The molecule has 0 amide bonds. The maximum absolute atomic E-state index is 3.79. The molecule has 0 saturated carbocycles. The van der Waals surface area contributed by atoms with Crippen molar-refractivity contribution < 1.29 is 0 Å². The molecule has 76 valence electrons. The molecule has 1 rings (SSSR count). The molecular weight excluding hydrogens is 160 g/mol. The average molecular weight is 182 g/mol. The first-order valence-corrected chi connectivity index (χ1v) is 5.36. The Kier molecular flexibility index (Phi) is 4.46. The van der Waals surface area contributed by atoms with Crippen molar-refractivity contribution >= 4 is 0 Å². The van der Waals surface area contributed by atoms with E-state index < -0.39 is 0 Å². The topological polar surface area (TPSA) is 15.3 Å². The van der Waals surface area contributed by atoms with Crippen molar-refractivity contribution in [2.45, 2.75) is 38.8 Å². The van der Waals surface area contributed by atoms with Gasteiger partial charge in [0.05, 0.1) is 0 Å². The van der Waals surface area contributed by atoms with Crippen LogP contribution >= 0.6 is 0 Å². The minimum atomic E-state index is 0.668. The molecule has 0 aromatic rings. The van der Waals surface area contributed by atoms with E-state index in [1.54, 1.807) is 0 Å². The number of hydrogen-bond donors (Lipinski definition) is 1. The molecule has 13 heavy (non-hydrogen) atoms. The van der Waals surface area contributed by atoms with Crippen LogP contribution in [0.5, 0.6) is 0 Å². The van der Waals surface area contributed by atoms with Crippen LogP contribution in [-0.2, 0) is 0 Å². The summed E-state index contributed by atoms with van der Waals surface area (Å²) in [5, 5.41) is 3.50. The Morgan fingerprint density at radius 1 is 1.69 bits per heavy atom. The molecule has 0 radical (unpaired) electrons. The summed E-state index contributed by atoms with van der Waals surface area (Å²) in [5.41, 5.74) is 0. The average Bonchev–Trinajstić information content (AvgIpc) is 2.54. The summed E-state index contributed by atoms with van der Waals surface area (Å²) in [6.45, 7) is 11.8. The number of likely N-dealkylation sites (N-methyl/N-ethyl adjacent to an activating group) is 1. The lowest BCUT2D eigenvalue weighted by molar-refractivity contribution is 0.254. The first kappa shape index (κ1) is 10.7. The van der Waals surface area contributed by atoms with Gasteiger partial charge in [-0.05, 0) is 26.3 Å². The van der Waals surface area contributed by atoms with Gasteiger partial charge in [-0.25, -0.2) is 0 Å². The number of nitrogens with one attached hydrogen (secondary N) is 1. The van der Waals surface area contributed by atoms with Gasteiger partial charge in [0.15, 0.2) is 0 Å². The summed E-state index contributed by atoms with van der Waals surface area (Å²) in [6, 6.07) is 1.39. The molecule has 1 fully saturated rings. The van der Waals surface area contributed by atoms with Gasteiger partial charge in [0.2, 0.25) is 0 Å². The zero-order valence-electron chi connectivity index (χ0n) is 8.92. The maximum atomic E-state index is 3.79. The molecule has 2 unspecified atom stereocenters. The Bertz CT molecular complexity index is 156. The molecule has 0 bridgehead atoms. The van der Waals surface area contributed by atoms with Gasteiger partial charge in [-0.2, -0.15) is 0 Å². The van der Waals surface area contributed by atoms with Gasteiger partial charge in [-0.3, -0.25) is 4.90 Å². The molecule has 2 nitrogen and oxygen atoms in total. The summed E-state index contributed by atoms with van der Waals surface area (Å²) >= 11 is 0. The first-order valence-electron chi connectivity index (χ1n) is 5.36. The Morgan fingerprint density at radius 2 is 2.46 bits per heavy atom. The van der Waals surface area contributed by atoms with Crippen molar-refractivity contribution in [3.8, 4) is 0 Å². The second-order valence-corrected chi connectivity index (χ2v) is 3.91. The van der Waals surface area contributed by atoms with Crippen LogP contribution in [0.25, 0.3) is 0 Å². The van der Waals surface area contributed by atoms with Crippen LogP contribution in [0.3, 0.4) is 0 Å². The largest absolute Gasteiger partial charge is 0.313 e. The van der Waals surface area contributed by atoms with E-state index in [1.807, 2.05) is 6.08 Å². The van der Waals surface area contributed by atoms with E-state index in [2.05, 4.69) is 30.6 Å². The van der Waals surface area contributed by atoms with E-state index in [0.717, 1.165) is 19.0 Å². The van der Waals surface area contributed by atoms with E-state index in [-0.39, 0.29) is 0 Å². The molecule has 2 heteroatoms. The molecule has 0 aliphatic carbocycles. The minimum Gasteiger partial charge on any atom is -0.313 e. The molecule has 1 saturated heterocycles. The molecular formula is C11H22N2. The predicted molar refractivity (Wildman–Crippen MR) is 57.9 cm³/mol. The Balaban J connectivity index is 2.27. The second-order valence-electron chi connectivity index (χ2n) is 3.91. The summed E-state index contributed by atoms with van der Waals surface area (Å²) < 4.78 is 0. The van der Waals surface area contributed by atoms with Crippen LogP contribution in [0.15, 0.2) is 12.7 Å². The molecule has 1 aliphatic rings. The fraction of sp³-hybridized carbons (Fsp3) is 0.818. The van der Waals surface area contributed by atoms with Gasteiger partial charge in [0, 0.05) is 25.2 Å². The van der Waals surface area contributed by atoms with E-state index in [1.165, 1.54) is 19.5 Å². The standard InChI is InChI=1S/C11H22N2/c1-4-6-10(3)13-8-7-11(9-13)12-5-2/h4,10-12H,1,5-9H2,2-3H3. The van der Waals surface area contributed by atoms with Crippen LogP contribution in [0, 0.1) is 0 Å². The highest BCUT2D eigenvalue weighted by molar-refractivity contribution is 4.86. The van der Waals surface area contributed by atoms with E-state index in [4.69, 9.17) is 0 Å². The van der Waals surface area contributed by atoms with Crippen molar-refractivity contribution in [3.63, 3.8) is 0 Å². The van der Waals surface area contributed by atoms with Crippen LogP contribution < -0.4 is 5.32 Å². The van der Waals surface area contributed by atoms with E-state index >= 15 is 0 Å². The smallest absolute Gasteiger partial charge is 0.0207 e. The zero-order valence-corrected chi connectivity index (χ0v) is 8.92. The highest BCUT2D eigenvalue weighted by Gasteiger charge is 2.24. The van der Waals surface area contributed by atoms with Crippen LogP contribution in [-0.4, -0.2) is 36.6 Å². The number of hydrogen-bond acceptors (Lipinski definition) is 2. The molecule has 0 spiro atoms.